The van der Waals surface area contributed by atoms with Gasteiger partial charge < -0.3 is 10.4 Å². The lowest BCUT2D eigenvalue weighted by atomic mass is 10.0. The minimum atomic E-state index is -0.633. The van der Waals surface area contributed by atoms with Gasteiger partial charge in [-0.3, -0.25) is 0 Å². The number of nitriles is 1. The number of nitrogens with one attached hydrogen (secondary N) is 1. The van der Waals surface area contributed by atoms with E-state index < -0.39 is 5.60 Å². The number of aromatic nitrogens is 1. The molecule has 1 fully saturated rings. The summed E-state index contributed by atoms with van der Waals surface area (Å²) in [6, 6.07) is 4.07. The Bertz CT molecular complexity index is 485. The number of aryl methyl sites for hydroxylation is 2. The molecule has 0 unspecified atom stereocenters. The van der Waals surface area contributed by atoms with Gasteiger partial charge in [-0.25, -0.2) is 4.98 Å². The van der Waals surface area contributed by atoms with Crippen molar-refractivity contribution < 1.29 is 5.11 Å². The van der Waals surface area contributed by atoms with E-state index in [0.29, 0.717) is 17.9 Å². The second-order valence-electron chi connectivity index (χ2n) is 5.20. The van der Waals surface area contributed by atoms with E-state index in [0.717, 1.165) is 36.9 Å². The third kappa shape index (κ3) is 2.62. The van der Waals surface area contributed by atoms with Crippen molar-refractivity contribution in [3.05, 3.63) is 22.9 Å². The molecule has 0 aromatic carbocycles. The number of nitrogens with zero attached hydrogens (tertiary/aromatic N) is 2. The molecule has 1 aromatic rings. The molecule has 2 N–H and O–H groups in total. The Labute approximate surface area is 108 Å². The number of anilines is 1. The normalized spacial score (nSPS) is 17.4. The summed E-state index contributed by atoms with van der Waals surface area (Å²) in [4.78, 5) is 4.35. The maximum Gasteiger partial charge on any atom is 0.144 e. The molecule has 1 aliphatic rings. The van der Waals surface area contributed by atoms with E-state index in [1.165, 1.54) is 0 Å². The Morgan fingerprint density at radius 3 is 2.72 bits per heavy atom. The van der Waals surface area contributed by atoms with E-state index in [1.54, 1.807) is 0 Å². The largest absolute Gasteiger partial charge is 0.388 e. The van der Waals surface area contributed by atoms with Gasteiger partial charge >= 0.3 is 0 Å². The molecule has 0 amide bonds. The van der Waals surface area contributed by atoms with Crippen LogP contribution in [0.2, 0.25) is 0 Å². The molecule has 1 saturated carbocycles. The van der Waals surface area contributed by atoms with Gasteiger partial charge in [0.15, 0.2) is 0 Å². The summed E-state index contributed by atoms with van der Waals surface area (Å²) in [7, 11) is 0. The molecule has 0 aliphatic heterocycles. The van der Waals surface area contributed by atoms with Crippen molar-refractivity contribution in [3.8, 4) is 6.07 Å². The number of hydrogen-bond donors (Lipinski definition) is 2. The number of rotatable bonds is 3. The van der Waals surface area contributed by atoms with Crippen LogP contribution in [-0.2, 0) is 0 Å². The highest BCUT2D eigenvalue weighted by Crippen LogP contribution is 2.30. The Hall–Kier alpha value is -1.60. The van der Waals surface area contributed by atoms with Crippen LogP contribution in [0.25, 0.3) is 0 Å². The van der Waals surface area contributed by atoms with Gasteiger partial charge in [-0.05, 0) is 38.3 Å². The Kier molecular flexibility index (Phi) is 3.53. The third-order valence-corrected chi connectivity index (χ3v) is 3.58. The monoisotopic (exact) mass is 245 g/mol. The highest BCUT2D eigenvalue weighted by Gasteiger charge is 2.31. The van der Waals surface area contributed by atoms with E-state index in [1.807, 2.05) is 19.9 Å². The molecular formula is C14H19N3O. The summed E-state index contributed by atoms with van der Waals surface area (Å²) < 4.78 is 0. The zero-order chi connectivity index (χ0) is 13.2. The Morgan fingerprint density at radius 2 is 2.11 bits per heavy atom. The summed E-state index contributed by atoms with van der Waals surface area (Å²) in [6.07, 6.45) is 3.80. The summed E-state index contributed by atoms with van der Waals surface area (Å²) in [5.41, 5.74) is 1.74. The van der Waals surface area contributed by atoms with Gasteiger partial charge in [0, 0.05) is 12.2 Å². The topological polar surface area (TPSA) is 68.9 Å². The summed E-state index contributed by atoms with van der Waals surface area (Å²) in [6.45, 7) is 4.28. The van der Waals surface area contributed by atoms with Crippen molar-refractivity contribution in [2.75, 3.05) is 11.9 Å². The van der Waals surface area contributed by atoms with E-state index in [2.05, 4.69) is 16.4 Å². The zero-order valence-electron chi connectivity index (χ0n) is 11.0. The van der Waals surface area contributed by atoms with E-state index in [9.17, 15) is 5.11 Å². The van der Waals surface area contributed by atoms with Gasteiger partial charge in [0.25, 0.3) is 0 Å². The lowest BCUT2D eigenvalue weighted by molar-refractivity contribution is 0.0614. The molecule has 18 heavy (non-hydrogen) atoms. The minimum absolute atomic E-state index is 0.470. The fourth-order valence-electron chi connectivity index (χ4n) is 2.56. The van der Waals surface area contributed by atoms with Crippen molar-refractivity contribution in [1.82, 2.24) is 4.98 Å². The second kappa shape index (κ2) is 4.95. The predicted octanol–water partition coefficient (Wildman–Crippen LogP) is 2.29. The molecule has 4 nitrogen and oxygen atoms in total. The standard InChI is InChI=1S/C14H19N3O/c1-10-7-11(2)17-13(12(10)8-15)16-9-14(18)5-3-4-6-14/h7,18H,3-6,9H2,1-2H3,(H,16,17). The van der Waals surface area contributed by atoms with Gasteiger partial charge in [-0.15, -0.1) is 0 Å². The van der Waals surface area contributed by atoms with Gasteiger partial charge in [0.05, 0.1) is 11.2 Å². The molecule has 0 radical (unpaired) electrons. The highest BCUT2D eigenvalue weighted by molar-refractivity contribution is 5.56. The Morgan fingerprint density at radius 1 is 1.44 bits per heavy atom. The molecule has 1 aliphatic carbocycles. The van der Waals surface area contributed by atoms with Gasteiger partial charge in [0.1, 0.15) is 11.9 Å². The lowest BCUT2D eigenvalue weighted by Crippen LogP contribution is -2.34. The van der Waals surface area contributed by atoms with Crippen LogP contribution in [0.4, 0.5) is 5.82 Å². The first-order valence-corrected chi connectivity index (χ1v) is 6.39. The number of aliphatic hydroxyl groups is 1. The van der Waals surface area contributed by atoms with E-state index in [4.69, 9.17) is 5.26 Å². The van der Waals surface area contributed by atoms with Crippen molar-refractivity contribution in [3.63, 3.8) is 0 Å². The summed E-state index contributed by atoms with van der Waals surface area (Å²) in [5, 5.41) is 22.6. The van der Waals surface area contributed by atoms with E-state index in [-0.39, 0.29) is 0 Å². The van der Waals surface area contributed by atoms with Crippen LogP contribution >= 0.6 is 0 Å². The van der Waals surface area contributed by atoms with Gasteiger partial charge in [-0.2, -0.15) is 5.26 Å². The quantitative estimate of drug-likeness (QED) is 0.857. The maximum atomic E-state index is 10.3. The zero-order valence-corrected chi connectivity index (χ0v) is 11.0. The molecule has 0 saturated heterocycles. The van der Waals surface area contributed by atoms with Crippen molar-refractivity contribution in [2.24, 2.45) is 0 Å². The van der Waals surface area contributed by atoms with Gasteiger partial charge in [0.2, 0.25) is 0 Å². The van der Waals surface area contributed by atoms with Crippen molar-refractivity contribution in [2.45, 2.75) is 45.1 Å². The first-order valence-electron chi connectivity index (χ1n) is 6.39. The molecule has 0 bridgehead atoms. The van der Waals surface area contributed by atoms with Crippen molar-refractivity contribution in [1.29, 1.82) is 5.26 Å². The SMILES string of the molecule is Cc1cc(C)c(C#N)c(NCC2(O)CCCC2)n1. The molecule has 0 spiro atoms. The maximum absolute atomic E-state index is 10.3. The predicted molar refractivity (Wildman–Crippen MR) is 70.3 cm³/mol. The number of pyridine rings is 1. The van der Waals surface area contributed by atoms with Crippen LogP contribution in [-0.4, -0.2) is 22.2 Å². The second-order valence-corrected chi connectivity index (χ2v) is 5.20. The first kappa shape index (κ1) is 12.8. The molecule has 1 heterocycles. The molecule has 2 rings (SSSR count). The van der Waals surface area contributed by atoms with Gasteiger partial charge in [-0.1, -0.05) is 12.8 Å². The van der Waals surface area contributed by atoms with Crippen LogP contribution in [0.5, 0.6) is 0 Å². The minimum Gasteiger partial charge on any atom is -0.388 e. The lowest BCUT2D eigenvalue weighted by Gasteiger charge is -2.23. The molecular weight excluding hydrogens is 226 g/mol. The molecule has 1 aromatic heterocycles. The molecule has 4 heteroatoms. The summed E-state index contributed by atoms with van der Waals surface area (Å²) in [5.74, 6) is 0.593. The van der Waals surface area contributed by atoms with Crippen LogP contribution in [0.15, 0.2) is 6.07 Å². The highest BCUT2D eigenvalue weighted by atomic mass is 16.3. The average molecular weight is 245 g/mol. The van der Waals surface area contributed by atoms with Crippen LogP contribution < -0.4 is 5.32 Å². The Balaban J connectivity index is 2.16. The average Bonchev–Trinajstić information content (AvgIpc) is 2.73. The van der Waals surface area contributed by atoms with Crippen LogP contribution in [0.1, 0.15) is 42.5 Å². The first-order chi connectivity index (χ1) is 8.54. The van der Waals surface area contributed by atoms with Crippen LogP contribution in [0, 0.1) is 25.2 Å². The van der Waals surface area contributed by atoms with E-state index >= 15 is 0 Å². The van der Waals surface area contributed by atoms with Crippen LogP contribution in [0.3, 0.4) is 0 Å². The summed E-state index contributed by atoms with van der Waals surface area (Å²) >= 11 is 0. The smallest absolute Gasteiger partial charge is 0.144 e. The molecule has 0 atom stereocenters. The van der Waals surface area contributed by atoms with Crippen molar-refractivity contribution >= 4 is 5.82 Å². The fourth-order valence-corrected chi connectivity index (χ4v) is 2.56. The third-order valence-electron chi connectivity index (χ3n) is 3.58. The number of hydrogen-bond acceptors (Lipinski definition) is 4. The fraction of sp³-hybridized carbons (Fsp3) is 0.571. The molecule has 96 valence electrons.